The maximum atomic E-state index is 13.4. The van der Waals surface area contributed by atoms with Gasteiger partial charge < -0.3 is 35.1 Å². The van der Waals surface area contributed by atoms with Gasteiger partial charge >= 0.3 is 0 Å². The molecule has 22 heteroatoms. The molecule has 406 valence electrons. The molecule has 20 nitrogen and oxygen atoms in total. The van der Waals surface area contributed by atoms with Crippen molar-refractivity contribution >= 4 is 50.3 Å². The van der Waals surface area contributed by atoms with Crippen LogP contribution in [-0.2, 0) is 45.2 Å². The van der Waals surface area contributed by atoms with Crippen molar-refractivity contribution in [1.82, 2.24) is 45.2 Å². The van der Waals surface area contributed by atoms with Crippen molar-refractivity contribution in [2.45, 2.75) is 106 Å². The van der Waals surface area contributed by atoms with Crippen LogP contribution in [0.4, 0.5) is 5.13 Å². The van der Waals surface area contributed by atoms with Gasteiger partial charge in [0.1, 0.15) is 18.1 Å². The van der Waals surface area contributed by atoms with Crippen molar-refractivity contribution in [3.8, 4) is 40.0 Å². The van der Waals surface area contributed by atoms with Crippen LogP contribution in [0.3, 0.4) is 0 Å². The Morgan fingerprint density at radius 2 is 1.59 bits per heavy atom. The molecule has 0 unspecified atom stereocenters. The summed E-state index contributed by atoms with van der Waals surface area (Å²) >= 11 is 0.884. The number of nitriles is 1. The Morgan fingerprint density at radius 3 is 2.32 bits per heavy atom. The van der Waals surface area contributed by atoms with Crippen LogP contribution in [0.1, 0.15) is 93.4 Å². The molecular weight excluding hydrogens is 1030 g/mol. The Morgan fingerprint density at radius 1 is 0.808 bits per heavy atom. The lowest BCUT2D eigenvalue weighted by Crippen LogP contribution is -2.40. The minimum atomic E-state index is -4.05. The molecule has 4 amide bonds. The van der Waals surface area contributed by atoms with Gasteiger partial charge in [0, 0.05) is 99.0 Å². The minimum absolute atomic E-state index is 0.00707. The van der Waals surface area contributed by atoms with Crippen molar-refractivity contribution in [3.63, 3.8) is 0 Å². The van der Waals surface area contributed by atoms with Gasteiger partial charge in [-0.2, -0.15) is 9.64 Å². The van der Waals surface area contributed by atoms with E-state index in [9.17, 15) is 32.9 Å². The predicted octanol–water partition coefficient (Wildman–Crippen LogP) is 7.27. The molecule has 2 atom stereocenters. The number of hydrogen-bond donors (Lipinski definition) is 4. The largest absolute Gasteiger partial charge is 0.454 e. The highest BCUT2D eigenvalue weighted by atomic mass is 32.2. The summed E-state index contributed by atoms with van der Waals surface area (Å²) in [7, 11) is -2.33. The zero-order chi connectivity index (χ0) is 54.4. The van der Waals surface area contributed by atoms with Crippen LogP contribution in [0.25, 0.3) is 22.4 Å². The molecule has 5 heterocycles. The third kappa shape index (κ3) is 14.3. The second kappa shape index (κ2) is 26.1. The minimum Gasteiger partial charge on any atom is -0.454 e. The first kappa shape index (κ1) is 55.1. The average molecular weight is 1100 g/mol. The number of pyridine rings is 3. The molecule has 3 aliphatic rings. The quantitative estimate of drug-likeness (QED) is 0.0487. The number of rotatable bonds is 22. The summed E-state index contributed by atoms with van der Waals surface area (Å²) in [5, 5.41) is 19.4. The molecule has 0 radical (unpaired) electrons. The second-order valence-electron chi connectivity index (χ2n) is 19.6. The average Bonchev–Trinajstić information content (AvgIpc) is 4.09. The topological polar surface area (TPSA) is 270 Å². The number of carbonyl (C=O) groups is 4. The van der Waals surface area contributed by atoms with Crippen molar-refractivity contribution in [1.29, 1.82) is 5.26 Å². The molecule has 0 spiro atoms. The smallest absolute Gasteiger partial charge is 0.263 e. The Balaban J connectivity index is 0.669. The molecule has 2 aromatic carbocycles. The standard InChI is InChI=1S/C56H61N11O9S2/c1-67-52(69)30-47(53(67)40-7-3-21-59-33-40)55(71)60-24-26-75-44-15-13-43(14-16-44)74-25-4-8-51(68)65-42-11-9-38(10-12-42)54(70)62-32-36-5-2-6-39(27-36)48-29-46(37-19-22-58-23-20-37)50(34-61-48)76-49-18-17-45(28-41(49)31-57)78(72,73)66-56-63-35-64-77-56/h2-3,5-7,17-23,27-29,33-35,38,42-44,47,53H,4,8-16,24-26,30,32H2,1H3,(H,60,71)(H,62,70)(H,65,68)(H,63,64,66)/t38?,42?,43?,44?,47-,53+/m0/s1. The highest BCUT2D eigenvalue weighted by molar-refractivity contribution is 7.93. The second-order valence-corrected chi connectivity index (χ2v) is 22.1. The van der Waals surface area contributed by atoms with Crippen molar-refractivity contribution < 1.29 is 41.8 Å². The monoisotopic (exact) mass is 1100 g/mol. The third-order valence-electron chi connectivity index (χ3n) is 14.4. The van der Waals surface area contributed by atoms with E-state index in [4.69, 9.17) is 19.2 Å². The molecule has 1 saturated heterocycles. The number of anilines is 1. The van der Waals surface area contributed by atoms with Crippen molar-refractivity contribution in [2.24, 2.45) is 11.8 Å². The summed E-state index contributed by atoms with van der Waals surface area (Å²) < 4.78 is 50.7. The number of ether oxygens (including phenoxy) is 3. The molecule has 1 aliphatic heterocycles. The molecule has 0 bridgehead atoms. The van der Waals surface area contributed by atoms with E-state index in [1.165, 1.54) is 24.5 Å². The van der Waals surface area contributed by atoms with Crippen molar-refractivity contribution in [3.05, 3.63) is 127 Å². The molecule has 78 heavy (non-hydrogen) atoms. The number of benzene rings is 2. The summed E-state index contributed by atoms with van der Waals surface area (Å²) in [6.07, 6.45) is 17.1. The number of nitrogens with one attached hydrogen (secondary N) is 4. The SMILES string of the molecule is CN1C(=O)C[C@H](C(=O)NCCOC2CCC(OCCCC(=O)NC3CCC(C(=O)NCc4cccc(-c5cc(-c6ccncc6)c(Oc6ccc(S(=O)(=O)Nc7ncns7)cc6C#N)cn5)c4)CC3)CC2)[C@H]1c1cccnc1. The number of nitrogens with zero attached hydrogens (tertiary/aromatic N) is 7. The van der Waals surface area contributed by atoms with Crippen LogP contribution in [0.2, 0.25) is 0 Å². The van der Waals surface area contributed by atoms with E-state index in [0.29, 0.717) is 69.0 Å². The van der Waals surface area contributed by atoms with Gasteiger partial charge in [-0.05, 0) is 123 Å². The molecule has 9 rings (SSSR count). The molecule has 4 N–H and O–H groups in total. The lowest BCUT2D eigenvalue weighted by Gasteiger charge is -2.29. The molecule has 4 aromatic heterocycles. The Bertz CT molecular complexity index is 3190. The summed E-state index contributed by atoms with van der Waals surface area (Å²) in [5.41, 5.74) is 4.58. The molecular formula is C56H61N11O9S2. The number of sulfonamides is 1. The van der Waals surface area contributed by atoms with Gasteiger partial charge in [-0.15, -0.1) is 0 Å². The number of aromatic nitrogens is 5. The molecule has 2 aliphatic carbocycles. The van der Waals surface area contributed by atoms with Gasteiger partial charge in [0.2, 0.25) is 28.8 Å². The first-order chi connectivity index (χ1) is 37.9. The van der Waals surface area contributed by atoms with Crippen LogP contribution < -0.4 is 25.4 Å². The van der Waals surface area contributed by atoms with E-state index in [1.54, 1.807) is 42.9 Å². The Hall–Kier alpha value is -7.71. The summed E-state index contributed by atoms with van der Waals surface area (Å²) in [6, 6.07) is 22.6. The highest BCUT2D eigenvalue weighted by Gasteiger charge is 2.42. The summed E-state index contributed by atoms with van der Waals surface area (Å²) in [5.74, 6) is -0.426. The van der Waals surface area contributed by atoms with Crippen LogP contribution in [0.5, 0.6) is 11.5 Å². The number of carbonyl (C=O) groups excluding carboxylic acids is 4. The van der Waals surface area contributed by atoms with Gasteiger partial charge in [0.05, 0.1) is 53.1 Å². The first-order valence-corrected chi connectivity index (χ1v) is 28.4. The predicted molar refractivity (Wildman–Crippen MR) is 289 cm³/mol. The summed E-state index contributed by atoms with van der Waals surface area (Å²) in [6.45, 7) is 1.58. The zero-order valence-electron chi connectivity index (χ0n) is 43.1. The Kier molecular flexibility index (Phi) is 18.4. The van der Waals surface area contributed by atoms with Crippen LogP contribution in [0.15, 0.2) is 115 Å². The fourth-order valence-corrected chi connectivity index (χ4v) is 12.0. The van der Waals surface area contributed by atoms with E-state index in [1.807, 2.05) is 60.7 Å². The van der Waals surface area contributed by atoms with Gasteiger partial charge in [0.15, 0.2) is 5.75 Å². The fraction of sp³-hybridized carbons (Fsp3) is 0.393. The maximum absolute atomic E-state index is 13.4. The van der Waals surface area contributed by atoms with Gasteiger partial charge in [-0.1, -0.05) is 24.3 Å². The van der Waals surface area contributed by atoms with E-state index >= 15 is 0 Å². The molecule has 3 fully saturated rings. The van der Waals surface area contributed by atoms with Gasteiger partial charge in [0.25, 0.3) is 10.0 Å². The normalized spacial score (nSPS) is 20.3. The van der Waals surface area contributed by atoms with Crippen LogP contribution in [-0.4, -0.2) is 106 Å². The van der Waals surface area contributed by atoms with Gasteiger partial charge in [-0.3, -0.25) is 38.9 Å². The maximum Gasteiger partial charge on any atom is 0.263 e. The van der Waals surface area contributed by atoms with Crippen LogP contribution in [0, 0.1) is 23.2 Å². The van der Waals surface area contributed by atoms with E-state index in [-0.39, 0.29) is 81.6 Å². The first-order valence-electron chi connectivity index (χ1n) is 26.2. The fourth-order valence-electron chi connectivity index (χ4n) is 10.3. The number of likely N-dealkylation sites (tertiary alicyclic amines) is 1. The lowest BCUT2D eigenvalue weighted by molar-refractivity contribution is -0.128. The number of hydrogen-bond acceptors (Lipinski definition) is 16. The van der Waals surface area contributed by atoms with E-state index in [2.05, 4.69) is 40.0 Å². The zero-order valence-corrected chi connectivity index (χ0v) is 44.7. The Labute approximate surface area is 457 Å². The summed E-state index contributed by atoms with van der Waals surface area (Å²) in [4.78, 5) is 70.2. The van der Waals surface area contributed by atoms with E-state index < -0.39 is 15.9 Å². The third-order valence-corrected chi connectivity index (χ3v) is 16.5. The highest BCUT2D eigenvalue weighted by Crippen LogP contribution is 2.39. The molecule has 6 aromatic rings. The van der Waals surface area contributed by atoms with Crippen molar-refractivity contribution in [2.75, 3.05) is 31.5 Å². The number of amides is 4. The van der Waals surface area contributed by atoms with E-state index in [0.717, 1.165) is 72.3 Å². The van der Waals surface area contributed by atoms with Crippen LogP contribution >= 0.6 is 11.5 Å². The molecule has 2 saturated carbocycles. The lowest BCUT2D eigenvalue weighted by atomic mass is 9.85. The van der Waals surface area contributed by atoms with Gasteiger partial charge in [-0.25, -0.2) is 13.4 Å².